The summed E-state index contributed by atoms with van der Waals surface area (Å²) >= 11 is 0. The SMILES string of the molecule is Cc1cccc(N2CCN(c3ccnc(NC4CCCC4)n3)CC2)c1C. The van der Waals surface area contributed by atoms with Crippen LogP contribution in [0.3, 0.4) is 0 Å². The average molecular weight is 351 g/mol. The molecular formula is C21H29N5. The third-order valence-electron chi connectivity index (χ3n) is 5.85. The van der Waals surface area contributed by atoms with Gasteiger partial charge in [0.25, 0.3) is 0 Å². The Labute approximate surface area is 156 Å². The molecule has 0 unspecified atom stereocenters. The topological polar surface area (TPSA) is 44.3 Å². The van der Waals surface area contributed by atoms with E-state index in [0.717, 1.165) is 37.9 Å². The summed E-state index contributed by atoms with van der Waals surface area (Å²) in [6.45, 7) is 8.46. The van der Waals surface area contributed by atoms with E-state index in [1.807, 2.05) is 12.3 Å². The zero-order valence-electron chi connectivity index (χ0n) is 15.9. The Balaban J connectivity index is 1.40. The van der Waals surface area contributed by atoms with E-state index in [0.29, 0.717) is 6.04 Å². The monoisotopic (exact) mass is 351 g/mol. The van der Waals surface area contributed by atoms with Crippen LogP contribution in [-0.4, -0.2) is 42.2 Å². The summed E-state index contributed by atoms with van der Waals surface area (Å²) in [5, 5.41) is 3.51. The molecular weight excluding hydrogens is 322 g/mol. The highest BCUT2D eigenvalue weighted by molar-refractivity contribution is 5.57. The molecule has 5 heteroatoms. The lowest BCUT2D eigenvalue weighted by molar-refractivity contribution is 0.645. The molecule has 1 saturated carbocycles. The van der Waals surface area contributed by atoms with Crippen molar-refractivity contribution in [3.05, 3.63) is 41.6 Å². The van der Waals surface area contributed by atoms with Crippen molar-refractivity contribution in [3.8, 4) is 0 Å². The van der Waals surface area contributed by atoms with Gasteiger partial charge in [-0.05, 0) is 49.9 Å². The largest absolute Gasteiger partial charge is 0.368 e. The Kier molecular flexibility index (Phi) is 4.96. The highest BCUT2D eigenvalue weighted by Gasteiger charge is 2.21. The van der Waals surface area contributed by atoms with Crippen LogP contribution in [0.5, 0.6) is 0 Å². The third kappa shape index (κ3) is 3.62. The van der Waals surface area contributed by atoms with E-state index < -0.39 is 0 Å². The first-order valence-electron chi connectivity index (χ1n) is 9.86. The number of aryl methyl sites for hydroxylation is 1. The fraction of sp³-hybridized carbons (Fsp3) is 0.524. The number of benzene rings is 1. The Morgan fingerprint density at radius 2 is 1.69 bits per heavy atom. The minimum absolute atomic E-state index is 0.548. The third-order valence-corrected chi connectivity index (χ3v) is 5.85. The molecule has 0 atom stereocenters. The summed E-state index contributed by atoms with van der Waals surface area (Å²) in [5.74, 6) is 1.83. The second kappa shape index (κ2) is 7.52. The summed E-state index contributed by atoms with van der Waals surface area (Å²) in [5.41, 5.74) is 4.13. The van der Waals surface area contributed by atoms with Crippen molar-refractivity contribution in [1.29, 1.82) is 0 Å². The predicted octanol–water partition coefficient (Wildman–Crippen LogP) is 3.77. The van der Waals surface area contributed by atoms with Gasteiger partial charge in [0.15, 0.2) is 0 Å². The molecule has 0 amide bonds. The lowest BCUT2D eigenvalue weighted by Gasteiger charge is -2.37. The lowest BCUT2D eigenvalue weighted by atomic mass is 10.1. The standard InChI is InChI=1S/C21H29N5/c1-16-6-5-9-19(17(16)2)25-12-14-26(15-13-25)20-10-11-22-21(24-20)23-18-7-3-4-8-18/h5-6,9-11,18H,3-4,7-8,12-15H2,1-2H3,(H,22,23,24). The molecule has 1 N–H and O–H groups in total. The van der Waals surface area contributed by atoms with Crippen molar-refractivity contribution in [2.24, 2.45) is 0 Å². The van der Waals surface area contributed by atoms with Gasteiger partial charge in [-0.25, -0.2) is 4.98 Å². The normalized spacial score (nSPS) is 18.4. The van der Waals surface area contributed by atoms with E-state index in [1.54, 1.807) is 0 Å². The van der Waals surface area contributed by atoms with Crippen molar-refractivity contribution >= 4 is 17.5 Å². The van der Waals surface area contributed by atoms with Crippen LogP contribution in [0.25, 0.3) is 0 Å². The van der Waals surface area contributed by atoms with Gasteiger partial charge < -0.3 is 15.1 Å². The summed E-state index contributed by atoms with van der Waals surface area (Å²) in [7, 11) is 0. The maximum Gasteiger partial charge on any atom is 0.224 e. The second-order valence-electron chi connectivity index (χ2n) is 7.56. The van der Waals surface area contributed by atoms with Crippen LogP contribution >= 0.6 is 0 Å². The van der Waals surface area contributed by atoms with Gasteiger partial charge in [0.1, 0.15) is 5.82 Å². The molecule has 2 heterocycles. The summed E-state index contributed by atoms with van der Waals surface area (Å²) in [4.78, 5) is 14.1. The van der Waals surface area contributed by atoms with Crippen LogP contribution in [0.2, 0.25) is 0 Å². The zero-order chi connectivity index (χ0) is 17.9. The first-order chi connectivity index (χ1) is 12.7. The summed E-state index contributed by atoms with van der Waals surface area (Å²) in [6.07, 6.45) is 7.00. The number of hydrogen-bond donors (Lipinski definition) is 1. The molecule has 4 rings (SSSR count). The van der Waals surface area contributed by atoms with Crippen molar-refractivity contribution in [2.45, 2.75) is 45.6 Å². The predicted molar refractivity (Wildman–Crippen MR) is 108 cm³/mol. The van der Waals surface area contributed by atoms with E-state index in [4.69, 9.17) is 4.98 Å². The molecule has 2 fully saturated rings. The van der Waals surface area contributed by atoms with Gasteiger partial charge in [0.05, 0.1) is 0 Å². The molecule has 1 saturated heterocycles. The van der Waals surface area contributed by atoms with Gasteiger partial charge >= 0.3 is 0 Å². The van der Waals surface area contributed by atoms with Crippen molar-refractivity contribution < 1.29 is 0 Å². The van der Waals surface area contributed by atoms with Crippen LogP contribution in [0.15, 0.2) is 30.5 Å². The van der Waals surface area contributed by atoms with Gasteiger partial charge in [-0.3, -0.25) is 0 Å². The van der Waals surface area contributed by atoms with Gasteiger partial charge in [-0.15, -0.1) is 0 Å². The fourth-order valence-corrected chi connectivity index (χ4v) is 4.10. The number of anilines is 3. The number of aromatic nitrogens is 2. The van der Waals surface area contributed by atoms with E-state index in [-0.39, 0.29) is 0 Å². The Morgan fingerprint density at radius 1 is 0.962 bits per heavy atom. The number of hydrogen-bond acceptors (Lipinski definition) is 5. The van der Waals surface area contributed by atoms with E-state index in [2.05, 4.69) is 52.1 Å². The molecule has 138 valence electrons. The highest BCUT2D eigenvalue weighted by Crippen LogP contribution is 2.25. The summed E-state index contributed by atoms with van der Waals surface area (Å²) < 4.78 is 0. The Bertz CT molecular complexity index is 746. The molecule has 1 aliphatic carbocycles. The molecule has 26 heavy (non-hydrogen) atoms. The van der Waals surface area contributed by atoms with Gasteiger partial charge in [0, 0.05) is 44.1 Å². The quantitative estimate of drug-likeness (QED) is 0.908. The number of piperazine rings is 1. The van der Waals surface area contributed by atoms with Crippen LogP contribution < -0.4 is 15.1 Å². The minimum Gasteiger partial charge on any atom is -0.368 e. The van der Waals surface area contributed by atoms with Crippen LogP contribution in [0.1, 0.15) is 36.8 Å². The Morgan fingerprint density at radius 3 is 2.46 bits per heavy atom. The van der Waals surface area contributed by atoms with Crippen molar-refractivity contribution in [3.63, 3.8) is 0 Å². The van der Waals surface area contributed by atoms with E-state index in [1.165, 1.54) is 42.5 Å². The molecule has 1 aliphatic heterocycles. The molecule has 1 aromatic carbocycles. The molecule has 2 aliphatic rings. The second-order valence-corrected chi connectivity index (χ2v) is 7.56. The number of rotatable bonds is 4. The number of nitrogens with zero attached hydrogens (tertiary/aromatic N) is 4. The minimum atomic E-state index is 0.548. The van der Waals surface area contributed by atoms with Gasteiger partial charge in [-0.2, -0.15) is 4.98 Å². The fourth-order valence-electron chi connectivity index (χ4n) is 4.10. The number of nitrogens with one attached hydrogen (secondary N) is 1. The van der Waals surface area contributed by atoms with Gasteiger partial charge in [-0.1, -0.05) is 25.0 Å². The van der Waals surface area contributed by atoms with E-state index in [9.17, 15) is 0 Å². The first kappa shape index (κ1) is 17.1. The molecule has 5 nitrogen and oxygen atoms in total. The molecule has 0 radical (unpaired) electrons. The molecule has 1 aromatic heterocycles. The molecule has 2 aromatic rings. The molecule has 0 bridgehead atoms. The maximum atomic E-state index is 4.77. The molecule has 0 spiro atoms. The van der Waals surface area contributed by atoms with Crippen molar-refractivity contribution in [1.82, 2.24) is 9.97 Å². The smallest absolute Gasteiger partial charge is 0.224 e. The average Bonchev–Trinajstić information content (AvgIpc) is 3.17. The van der Waals surface area contributed by atoms with E-state index >= 15 is 0 Å². The summed E-state index contributed by atoms with van der Waals surface area (Å²) in [6, 6.07) is 9.18. The first-order valence-corrected chi connectivity index (χ1v) is 9.86. The zero-order valence-corrected chi connectivity index (χ0v) is 15.9. The van der Waals surface area contributed by atoms with Crippen LogP contribution in [-0.2, 0) is 0 Å². The van der Waals surface area contributed by atoms with Crippen LogP contribution in [0, 0.1) is 13.8 Å². The Hall–Kier alpha value is -2.30. The van der Waals surface area contributed by atoms with Crippen molar-refractivity contribution in [2.75, 3.05) is 41.3 Å². The van der Waals surface area contributed by atoms with Gasteiger partial charge in [0.2, 0.25) is 5.95 Å². The maximum absolute atomic E-state index is 4.77. The highest BCUT2D eigenvalue weighted by atomic mass is 15.3. The lowest BCUT2D eigenvalue weighted by Crippen LogP contribution is -2.47. The van der Waals surface area contributed by atoms with Crippen LogP contribution in [0.4, 0.5) is 17.5 Å².